The molecule has 0 saturated carbocycles. The zero-order valence-corrected chi connectivity index (χ0v) is 9.85. The minimum absolute atomic E-state index is 0.225. The monoisotopic (exact) mass is 256 g/mol. The molecule has 0 radical (unpaired) electrons. The van der Waals surface area contributed by atoms with Crippen molar-refractivity contribution in [2.24, 2.45) is 0 Å². The minimum Gasteiger partial charge on any atom is -0.461 e. The van der Waals surface area contributed by atoms with E-state index in [0.29, 0.717) is 0 Å². The first kappa shape index (κ1) is 13.2. The van der Waals surface area contributed by atoms with E-state index in [1.54, 1.807) is 18.2 Å². The van der Waals surface area contributed by atoms with Gasteiger partial charge in [0.2, 0.25) is 0 Å². The Kier molecular flexibility index (Phi) is 4.71. The Bertz CT molecular complexity index is 478. The number of hydrogen-bond donors (Lipinski definition) is 0. The smallest absolute Gasteiger partial charge is 0.330 e. The van der Waals surface area contributed by atoms with Crippen molar-refractivity contribution in [3.8, 4) is 5.75 Å². The van der Waals surface area contributed by atoms with Gasteiger partial charge in [-0.3, -0.25) is 0 Å². The van der Waals surface area contributed by atoms with Gasteiger partial charge in [0.1, 0.15) is 18.1 Å². The number of carbonyl (C=O) groups excluding carboxylic acids is 1. The van der Waals surface area contributed by atoms with Crippen molar-refractivity contribution in [2.75, 3.05) is 12.4 Å². The van der Waals surface area contributed by atoms with E-state index in [9.17, 15) is 13.2 Å². The van der Waals surface area contributed by atoms with E-state index in [2.05, 4.69) is 11.3 Å². The van der Waals surface area contributed by atoms with Crippen molar-refractivity contribution in [1.82, 2.24) is 0 Å². The van der Waals surface area contributed by atoms with Gasteiger partial charge in [0.05, 0.1) is 0 Å². The van der Waals surface area contributed by atoms with Gasteiger partial charge < -0.3 is 8.92 Å². The fourth-order valence-electron chi connectivity index (χ4n) is 0.968. The van der Waals surface area contributed by atoms with Crippen LogP contribution in [0.25, 0.3) is 0 Å². The van der Waals surface area contributed by atoms with Gasteiger partial charge in [0.15, 0.2) is 0 Å². The average Bonchev–Trinajstić information content (AvgIpc) is 2.29. The Hall–Kier alpha value is -1.82. The summed E-state index contributed by atoms with van der Waals surface area (Å²) in [4.78, 5) is 10.7. The maximum atomic E-state index is 11.4. The summed E-state index contributed by atoms with van der Waals surface area (Å²) in [6.45, 7) is 2.92. The van der Waals surface area contributed by atoms with E-state index < -0.39 is 21.8 Å². The molecule has 0 spiro atoms. The molecule has 0 aliphatic carbocycles. The van der Waals surface area contributed by atoms with Gasteiger partial charge in [0.25, 0.3) is 0 Å². The van der Waals surface area contributed by atoms with Gasteiger partial charge in [-0.25, -0.2) is 4.79 Å². The highest BCUT2D eigenvalue weighted by Crippen LogP contribution is 2.11. The third kappa shape index (κ3) is 5.17. The van der Waals surface area contributed by atoms with Crippen LogP contribution in [0, 0.1) is 0 Å². The minimum atomic E-state index is -3.75. The normalized spacial score (nSPS) is 10.6. The Morgan fingerprint density at radius 1 is 1.29 bits per heavy atom. The molecule has 0 heterocycles. The van der Waals surface area contributed by atoms with Gasteiger partial charge in [-0.05, 0) is 12.1 Å². The maximum absolute atomic E-state index is 11.4. The number of carbonyl (C=O) groups is 1. The summed E-state index contributed by atoms with van der Waals surface area (Å²) in [6, 6.07) is 8.09. The van der Waals surface area contributed by atoms with Gasteiger partial charge in [-0.15, -0.1) is 0 Å². The van der Waals surface area contributed by atoms with E-state index in [1.165, 1.54) is 12.1 Å². The summed E-state index contributed by atoms with van der Waals surface area (Å²) in [7, 11) is -3.75. The molecule has 0 saturated heterocycles. The molecular weight excluding hydrogens is 244 g/mol. The Morgan fingerprint density at radius 3 is 2.53 bits per heavy atom. The molecular formula is C11H12O5S. The standard InChI is InChI=1S/C11H12O5S/c1-2-11(12)15-8-9-17(13,14)16-10-6-4-3-5-7-10/h2-7H,1,8-9H2. The van der Waals surface area contributed by atoms with Crippen LogP contribution in [-0.2, 0) is 19.6 Å². The topological polar surface area (TPSA) is 69.7 Å². The lowest BCUT2D eigenvalue weighted by molar-refractivity contribution is -0.137. The van der Waals surface area contributed by atoms with Crippen molar-refractivity contribution >= 4 is 16.1 Å². The van der Waals surface area contributed by atoms with Crippen LogP contribution in [0.3, 0.4) is 0 Å². The number of benzene rings is 1. The van der Waals surface area contributed by atoms with E-state index in [-0.39, 0.29) is 12.4 Å². The van der Waals surface area contributed by atoms with E-state index in [0.717, 1.165) is 6.08 Å². The predicted octanol–water partition coefficient (Wildman–Crippen LogP) is 1.12. The Balaban J connectivity index is 2.47. The first-order chi connectivity index (χ1) is 8.03. The summed E-state index contributed by atoms with van der Waals surface area (Å²) >= 11 is 0. The molecule has 0 bridgehead atoms. The highest BCUT2D eigenvalue weighted by Gasteiger charge is 2.13. The van der Waals surface area contributed by atoms with Crippen LogP contribution in [0.2, 0.25) is 0 Å². The molecule has 0 fully saturated rings. The molecule has 0 atom stereocenters. The molecule has 0 unspecified atom stereocenters. The van der Waals surface area contributed by atoms with Crippen LogP contribution in [0.15, 0.2) is 43.0 Å². The number of esters is 1. The highest BCUT2D eigenvalue weighted by molar-refractivity contribution is 7.87. The van der Waals surface area contributed by atoms with Crippen molar-refractivity contribution in [3.05, 3.63) is 43.0 Å². The quantitative estimate of drug-likeness (QED) is 0.433. The highest BCUT2D eigenvalue weighted by atomic mass is 32.2. The van der Waals surface area contributed by atoms with Gasteiger partial charge in [0, 0.05) is 6.08 Å². The van der Waals surface area contributed by atoms with Crippen LogP contribution in [0.1, 0.15) is 0 Å². The molecule has 1 aromatic rings. The SMILES string of the molecule is C=CC(=O)OCCS(=O)(=O)Oc1ccccc1. The van der Waals surface area contributed by atoms with Gasteiger partial charge in [-0.1, -0.05) is 24.8 Å². The molecule has 6 heteroatoms. The lowest BCUT2D eigenvalue weighted by Gasteiger charge is -2.06. The van der Waals surface area contributed by atoms with E-state index in [4.69, 9.17) is 4.18 Å². The second kappa shape index (κ2) is 6.05. The third-order valence-electron chi connectivity index (χ3n) is 1.71. The van der Waals surface area contributed by atoms with E-state index >= 15 is 0 Å². The number of ether oxygens (including phenoxy) is 1. The van der Waals surface area contributed by atoms with Crippen LogP contribution in [0.5, 0.6) is 5.75 Å². The fraction of sp³-hybridized carbons (Fsp3) is 0.182. The first-order valence-corrected chi connectivity index (χ1v) is 6.37. The Morgan fingerprint density at radius 2 is 1.94 bits per heavy atom. The molecule has 1 rings (SSSR count). The van der Waals surface area contributed by atoms with Crippen LogP contribution < -0.4 is 4.18 Å². The molecule has 0 aliphatic rings. The van der Waals surface area contributed by atoms with Crippen LogP contribution in [-0.4, -0.2) is 26.7 Å². The Labute approximate surface area is 99.8 Å². The molecule has 1 aromatic carbocycles. The molecule has 0 amide bonds. The van der Waals surface area contributed by atoms with E-state index in [1.807, 2.05) is 0 Å². The molecule has 0 aromatic heterocycles. The van der Waals surface area contributed by atoms with Crippen molar-refractivity contribution in [3.63, 3.8) is 0 Å². The van der Waals surface area contributed by atoms with Gasteiger partial charge >= 0.3 is 16.1 Å². The first-order valence-electron chi connectivity index (χ1n) is 4.80. The van der Waals surface area contributed by atoms with Crippen molar-refractivity contribution < 1.29 is 22.1 Å². The molecule has 0 N–H and O–H groups in total. The second-order valence-corrected chi connectivity index (χ2v) is 4.72. The summed E-state index contributed by atoms with van der Waals surface area (Å²) in [5.41, 5.74) is 0. The van der Waals surface area contributed by atoms with Gasteiger partial charge in [-0.2, -0.15) is 8.42 Å². The summed E-state index contributed by atoms with van der Waals surface area (Å²) < 4.78 is 32.2. The summed E-state index contributed by atoms with van der Waals surface area (Å²) in [5, 5.41) is 0. The largest absolute Gasteiger partial charge is 0.461 e. The van der Waals surface area contributed by atoms with Crippen molar-refractivity contribution in [2.45, 2.75) is 0 Å². The molecule has 92 valence electrons. The molecule has 0 aliphatic heterocycles. The lowest BCUT2D eigenvalue weighted by atomic mass is 10.3. The fourth-order valence-corrected chi connectivity index (χ4v) is 1.74. The zero-order chi connectivity index (χ0) is 12.7. The predicted molar refractivity (Wildman–Crippen MR) is 62.0 cm³/mol. The second-order valence-electron chi connectivity index (χ2n) is 3.03. The lowest BCUT2D eigenvalue weighted by Crippen LogP contribution is -2.19. The van der Waals surface area contributed by atoms with Crippen molar-refractivity contribution in [1.29, 1.82) is 0 Å². The number of rotatable bonds is 6. The number of hydrogen-bond acceptors (Lipinski definition) is 5. The number of para-hydroxylation sites is 1. The summed E-state index contributed by atoms with van der Waals surface area (Å²) in [5.74, 6) is -0.843. The van der Waals surface area contributed by atoms with Crippen LogP contribution in [0.4, 0.5) is 0 Å². The maximum Gasteiger partial charge on any atom is 0.330 e. The average molecular weight is 256 g/mol. The summed E-state index contributed by atoms with van der Waals surface area (Å²) in [6.07, 6.45) is 0.963. The molecule has 17 heavy (non-hydrogen) atoms. The molecule has 5 nitrogen and oxygen atoms in total. The van der Waals surface area contributed by atoms with Crippen LogP contribution >= 0.6 is 0 Å². The zero-order valence-electron chi connectivity index (χ0n) is 9.03. The third-order valence-corrected chi connectivity index (χ3v) is 2.82.